The molecular formula is C16H18N4S. The van der Waals surface area contributed by atoms with Gasteiger partial charge in [-0.3, -0.25) is 4.40 Å². The van der Waals surface area contributed by atoms with E-state index in [0.29, 0.717) is 0 Å². The number of aromatic nitrogens is 2. The molecule has 0 spiro atoms. The van der Waals surface area contributed by atoms with Crippen LogP contribution in [0.15, 0.2) is 35.8 Å². The van der Waals surface area contributed by atoms with E-state index in [1.807, 2.05) is 6.92 Å². The molecule has 0 aliphatic carbocycles. The number of thiazole rings is 1. The quantitative estimate of drug-likeness (QED) is 0.808. The van der Waals surface area contributed by atoms with Crippen molar-refractivity contribution < 1.29 is 0 Å². The molecule has 0 saturated heterocycles. The first-order chi connectivity index (χ1) is 10.2. The van der Waals surface area contributed by atoms with E-state index in [4.69, 9.17) is 10.7 Å². The van der Waals surface area contributed by atoms with E-state index in [9.17, 15) is 0 Å². The summed E-state index contributed by atoms with van der Waals surface area (Å²) in [5.74, 6) is 1.07. The van der Waals surface area contributed by atoms with Gasteiger partial charge in [-0.25, -0.2) is 4.98 Å². The van der Waals surface area contributed by atoms with E-state index in [1.54, 1.807) is 11.3 Å². The molecule has 2 N–H and O–H groups in total. The molecule has 21 heavy (non-hydrogen) atoms. The number of para-hydroxylation sites is 1. The summed E-state index contributed by atoms with van der Waals surface area (Å²) < 4.78 is 2.18. The van der Waals surface area contributed by atoms with Crippen molar-refractivity contribution in [3.8, 4) is 0 Å². The number of nitrogens with zero attached hydrogens (tertiary/aromatic N) is 3. The minimum Gasteiger partial charge on any atom is -0.328 e. The molecule has 0 radical (unpaired) electrons. The second-order valence-electron chi connectivity index (χ2n) is 5.65. The second-order valence-corrected chi connectivity index (χ2v) is 6.52. The van der Waals surface area contributed by atoms with Gasteiger partial charge in [0.2, 0.25) is 0 Å². The highest BCUT2D eigenvalue weighted by Crippen LogP contribution is 2.36. The van der Waals surface area contributed by atoms with Gasteiger partial charge in [-0.05, 0) is 25.0 Å². The number of fused-ring (bicyclic) bond motifs is 2. The Bertz CT molecular complexity index is 787. The van der Waals surface area contributed by atoms with Gasteiger partial charge in [0, 0.05) is 36.3 Å². The van der Waals surface area contributed by atoms with Gasteiger partial charge >= 0.3 is 0 Å². The van der Waals surface area contributed by atoms with Crippen LogP contribution in [0.4, 0.5) is 11.5 Å². The van der Waals surface area contributed by atoms with Crippen LogP contribution < -0.4 is 10.6 Å². The third-order valence-corrected chi connectivity index (χ3v) is 4.75. The molecule has 0 fully saturated rings. The molecular weight excluding hydrogens is 280 g/mol. The fraction of sp³-hybridized carbons (Fsp3) is 0.312. The summed E-state index contributed by atoms with van der Waals surface area (Å²) in [5.41, 5.74) is 9.96. The van der Waals surface area contributed by atoms with E-state index in [2.05, 4.69) is 45.1 Å². The number of anilines is 2. The average Bonchev–Trinajstić information content (AvgIpc) is 3.13. The summed E-state index contributed by atoms with van der Waals surface area (Å²) in [6.07, 6.45) is 4.01. The molecule has 4 rings (SSSR count). The Hall–Kier alpha value is -1.85. The smallest absolute Gasteiger partial charge is 0.195 e. The Morgan fingerprint density at radius 3 is 3.10 bits per heavy atom. The van der Waals surface area contributed by atoms with Crippen molar-refractivity contribution >= 4 is 27.8 Å². The Morgan fingerprint density at radius 1 is 1.38 bits per heavy atom. The van der Waals surface area contributed by atoms with Gasteiger partial charge in [0.05, 0.1) is 5.69 Å². The largest absolute Gasteiger partial charge is 0.328 e. The van der Waals surface area contributed by atoms with Crippen LogP contribution in [0.3, 0.4) is 0 Å². The molecule has 1 aliphatic rings. The maximum Gasteiger partial charge on any atom is 0.195 e. The lowest BCUT2D eigenvalue weighted by molar-refractivity contribution is 0.716. The number of imidazole rings is 1. The molecule has 4 nitrogen and oxygen atoms in total. The number of rotatable bonds is 3. The van der Waals surface area contributed by atoms with Crippen molar-refractivity contribution in [2.45, 2.75) is 25.8 Å². The van der Waals surface area contributed by atoms with E-state index in [0.717, 1.165) is 30.2 Å². The Balaban J connectivity index is 1.85. The maximum atomic E-state index is 6.05. The van der Waals surface area contributed by atoms with Crippen LogP contribution in [0.2, 0.25) is 0 Å². The molecule has 3 aromatic rings. The Morgan fingerprint density at radius 2 is 2.24 bits per heavy atom. The number of benzene rings is 1. The van der Waals surface area contributed by atoms with Crippen molar-refractivity contribution in [2.24, 2.45) is 5.73 Å². The highest BCUT2D eigenvalue weighted by Gasteiger charge is 2.26. The third kappa shape index (κ3) is 2.04. The van der Waals surface area contributed by atoms with Crippen molar-refractivity contribution in [2.75, 3.05) is 11.4 Å². The molecule has 1 aromatic carbocycles. The van der Waals surface area contributed by atoms with Crippen LogP contribution in [-0.2, 0) is 12.8 Å². The summed E-state index contributed by atoms with van der Waals surface area (Å²) in [7, 11) is 0. The van der Waals surface area contributed by atoms with Crippen LogP contribution in [0.1, 0.15) is 18.2 Å². The van der Waals surface area contributed by atoms with Gasteiger partial charge in [0.15, 0.2) is 10.8 Å². The Kier molecular flexibility index (Phi) is 2.97. The van der Waals surface area contributed by atoms with Crippen molar-refractivity contribution in [3.63, 3.8) is 0 Å². The van der Waals surface area contributed by atoms with E-state index in [1.165, 1.54) is 16.9 Å². The highest BCUT2D eigenvalue weighted by molar-refractivity contribution is 7.15. The molecule has 1 atom stereocenters. The fourth-order valence-electron chi connectivity index (χ4n) is 3.09. The van der Waals surface area contributed by atoms with Gasteiger partial charge in [0.25, 0.3) is 0 Å². The summed E-state index contributed by atoms with van der Waals surface area (Å²) in [5, 5.41) is 2.08. The van der Waals surface area contributed by atoms with Crippen LogP contribution in [0.5, 0.6) is 0 Å². The zero-order valence-corrected chi connectivity index (χ0v) is 12.8. The number of nitrogens with two attached hydrogens (primary N) is 1. The molecule has 108 valence electrons. The van der Waals surface area contributed by atoms with Crippen LogP contribution in [0, 0.1) is 0 Å². The first-order valence-electron chi connectivity index (χ1n) is 7.29. The minimum atomic E-state index is 0.126. The normalized spacial score (nSPS) is 15.6. The summed E-state index contributed by atoms with van der Waals surface area (Å²) in [4.78, 5) is 8.24. The molecule has 0 amide bonds. The lowest BCUT2D eigenvalue weighted by Crippen LogP contribution is -2.22. The van der Waals surface area contributed by atoms with E-state index in [-0.39, 0.29) is 6.04 Å². The Labute approximate surface area is 127 Å². The maximum absolute atomic E-state index is 6.05. The third-order valence-electron chi connectivity index (χ3n) is 4.00. The van der Waals surface area contributed by atoms with Crippen LogP contribution in [-0.4, -0.2) is 22.0 Å². The van der Waals surface area contributed by atoms with Gasteiger partial charge < -0.3 is 10.6 Å². The molecule has 2 aromatic heterocycles. The van der Waals surface area contributed by atoms with E-state index >= 15 is 0 Å². The molecule has 3 heterocycles. The lowest BCUT2D eigenvalue weighted by atomic mass is 10.1. The number of hydrogen-bond donors (Lipinski definition) is 1. The molecule has 0 saturated carbocycles. The highest BCUT2D eigenvalue weighted by atomic mass is 32.1. The number of hydrogen-bond acceptors (Lipinski definition) is 4. The van der Waals surface area contributed by atoms with E-state index < -0.39 is 0 Å². The molecule has 0 bridgehead atoms. The topological polar surface area (TPSA) is 46.6 Å². The van der Waals surface area contributed by atoms with Gasteiger partial charge in [-0.2, -0.15) is 0 Å². The molecule has 1 unspecified atom stereocenters. The average molecular weight is 298 g/mol. The monoisotopic (exact) mass is 298 g/mol. The van der Waals surface area contributed by atoms with Crippen molar-refractivity contribution in [3.05, 3.63) is 47.1 Å². The van der Waals surface area contributed by atoms with Crippen molar-refractivity contribution in [1.82, 2.24) is 9.38 Å². The van der Waals surface area contributed by atoms with Crippen LogP contribution in [0.25, 0.3) is 4.96 Å². The molecule has 5 heteroatoms. The second kappa shape index (κ2) is 4.86. The SMILES string of the molecule is CC(N)Cc1c(N2CCc3ccccc32)nc2sccn12. The van der Waals surface area contributed by atoms with Crippen molar-refractivity contribution in [1.29, 1.82) is 0 Å². The standard InChI is InChI=1S/C16H18N4S/c1-11(17)10-14-15(18-16-20(14)8-9-21-16)19-7-6-12-4-2-3-5-13(12)19/h2-5,8-9,11H,6-7,10,17H2,1H3. The predicted molar refractivity (Wildman–Crippen MR) is 87.6 cm³/mol. The fourth-order valence-corrected chi connectivity index (χ4v) is 3.82. The first-order valence-corrected chi connectivity index (χ1v) is 8.17. The lowest BCUT2D eigenvalue weighted by Gasteiger charge is -2.19. The minimum absolute atomic E-state index is 0.126. The van der Waals surface area contributed by atoms with Crippen LogP contribution >= 0.6 is 11.3 Å². The first kappa shape index (κ1) is 12.9. The van der Waals surface area contributed by atoms with Gasteiger partial charge in [-0.15, -0.1) is 11.3 Å². The zero-order valence-electron chi connectivity index (χ0n) is 12.0. The van der Waals surface area contributed by atoms with Gasteiger partial charge in [-0.1, -0.05) is 18.2 Å². The predicted octanol–water partition coefficient (Wildman–Crippen LogP) is 2.98. The summed E-state index contributed by atoms with van der Waals surface area (Å²) in [6, 6.07) is 8.73. The summed E-state index contributed by atoms with van der Waals surface area (Å²) >= 11 is 1.67. The molecule has 1 aliphatic heterocycles. The van der Waals surface area contributed by atoms with Gasteiger partial charge in [0.1, 0.15) is 0 Å². The summed E-state index contributed by atoms with van der Waals surface area (Å²) in [6.45, 7) is 3.05. The zero-order chi connectivity index (χ0) is 14.4.